The molecule has 10 heavy (non-hydrogen) atoms. The molecule has 3 nitrogen and oxygen atoms in total. The van der Waals surface area contributed by atoms with Crippen molar-refractivity contribution in [2.24, 2.45) is 0 Å². The lowest BCUT2D eigenvalue weighted by Gasteiger charge is -1.88. The van der Waals surface area contributed by atoms with E-state index >= 15 is 0 Å². The van der Waals surface area contributed by atoms with Crippen molar-refractivity contribution in [2.75, 3.05) is 5.73 Å². The maximum Gasteiger partial charge on any atom is 0.167 e. The van der Waals surface area contributed by atoms with Crippen LogP contribution >= 0.6 is 0 Å². The number of hydrogen-bond acceptors (Lipinski definition) is 3. The van der Waals surface area contributed by atoms with Crippen molar-refractivity contribution in [3.05, 3.63) is 11.8 Å². The molecule has 0 saturated carbocycles. The normalized spacial score (nSPS) is 10.1. The van der Waals surface area contributed by atoms with Crippen LogP contribution in [0.3, 0.4) is 0 Å². The molecule has 1 aromatic rings. The Morgan fingerprint density at radius 3 is 3.00 bits per heavy atom. The van der Waals surface area contributed by atoms with Gasteiger partial charge in [0.1, 0.15) is 5.76 Å². The lowest BCUT2D eigenvalue weighted by Crippen LogP contribution is -1.81. The van der Waals surface area contributed by atoms with E-state index in [4.69, 9.17) is 10.3 Å². The SMILES string of the molecule is CCCCc1cc(N)no1. The van der Waals surface area contributed by atoms with E-state index in [2.05, 4.69) is 12.1 Å². The van der Waals surface area contributed by atoms with Crippen LogP contribution in [0.2, 0.25) is 0 Å². The Balaban J connectivity index is 2.42. The first kappa shape index (κ1) is 7.12. The maximum atomic E-state index is 5.35. The lowest BCUT2D eigenvalue weighted by molar-refractivity contribution is 0.383. The fourth-order valence-corrected chi connectivity index (χ4v) is 0.798. The molecule has 56 valence electrons. The number of aromatic nitrogens is 1. The van der Waals surface area contributed by atoms with Crippen LogP contribution in [0.1, 0.15) is 25.5 Å². The van der Waals surface area contributed by atoms with Crippen LogP contribution < -0.4 is 5.73 Å². The number of rotatable bonds is 3. The molecule has 0 atom stereocenters. The van der Waals surface area contributed by atoms with Crippen LogP contribution in [0, 0.1) is 0 Å². The third kappa shape index (κ3) is 1.76. The second-order valence-corrected chi connectivity index (χ2v) is 2.32. The van der Waals surface area contributed by atoms with E-state index in [1.807, 2.05) is 0 Å². The molecule has 1 rings (SSSR count). The van der Waals surface area contributed by atoms with Crippen LogP contribution in [0.25, 0.3) is 0 Å². The summed E-state index contributed by atoms with van der Waals surface area (Å²) in [4.78, 5) is 0. The summed E-state index contributed by atoms with van der Waals surface area (Å²) in [6.45, 7) is 2.14. The summed E-state index contributed by atoms with van der Waals surface area (Å²) in [5.74, 6) is 1.37. The maximum absolute atomic E-state index is 5.35. The van der Waals surface area contributed by atoms with Gasteiger partial charge in [-0.25, -0.2) is 0 Å². The zero-order chi connectivity index (χ0) is 7.40. The van der Waals surface area contributed by atoms with Gasteiger partial charge in [-0.3, -0.25) is 0 Å². The van der Waals surface area contributed by atoms with Gasteiger partial charge in [0, 0.05) is 12.5 Å². The van der Waals surface area contributed by atoms with Gasteiger partial charge in [0.15, 0.2) is 5.82 Å². The van der Waals surface area contributed by atoms with Crippen LogP contribution in [0.4, 0.5) is 5.82 Å². The van der Waals surface area contributed by atoms with Crippen molar-refractivity contribution < 1.29 is 4.52 Å². The first-order valence-corrected chi connectivity index (χ1v) is 3.54. The minimum atomic E-state index is 0.478. The summed E-state index contributed by atoms with van der Waals surface area (Å²) in [6.07, 6.45) is 3.25. The summed E-state index contributed by atoms with van der Waals surface area (Å²) in [7, 11) is 0. The van der Waals surface area contributed by atoms with Gasteiger partial charge in [-0.2, -0.15) is 0 Å². The monoisotopic (exact) mass is 140 g/mol. The molecule has 0 aliphatic heterocycles. The molecule has 0 aliphatic rings. The molecular formula is C7H12N2O. The Kier molecular flexibility index (Phi) is 2.31. The smallest absolute Gasteiger partial charge is 0.167 e. The molecule has 1 aromatic heterocycles. The largest absolute Gasteiger partial charge is 0.381 e. The Morgan fingerprint density at radius 2 is 2.50 bits per heavy atom. The van der Waals surface area contributed by atoms with Crippen molar-refractivity contribution in [3.8, 4) is 0 Å². The van der Waals surface area contributed by atoms with Gasteiger partial charge < -0.3 is 10.3 Å². The van der Waals surface area contributed by atoms with E-state index < -0.39 is 0 Å². The summed E-state index contributed by atoms with van der Waals surface area (Å²) in [5.41, 5.74) is 5.35. The fraction of sp³-hybridized carbons (Fsp3) is 0.571. The minimum absolute atomic E-state index is 0.478. The van der Waals surface area contributed by atoms with Gasteiger partial charge in [-0.15, -0.1) is 0 Å². The van der Waals surface area contributed by atoms with E-state index in [0.29, 0.717) is 5.82 Å². The second-order valence-electron chi connectivity index (χ2n) is 2.32. The van der Waals surface area contributed by atoms with Gasteiger partial charge in [0.25, 0.3) is 0 Å². The quantitative estimate of drug-likeness (QED) is 0.693. The van der Waals surface area contributed by atoms with Crippen molar-refractivity contribution in [2.45, 2.75) is 26.2 Å². The highest BCUT2D eigenvalue weighted by Gasteiger charge is 1.98. The molecule has 0 bridgehead atoms. The standard InChI is InChI=1S/C7H12N2O/c1-2-3-4-6-5-7(8)9-10-6/h5H,2-4H2,1H3,(H2,8,9). The highest BCUT2D eigenvalue weighted by Crippen LogP contribution is 2.07. The van der Waals surface area contributed by atoms with Crippen molar-refractivity contribution in [1.82, 2.24) is 5.16 Å². The highest BCUT2D eigenvalue weighted by molar-refractivity contribution is 5.26. The van der Waals surface area contributed by atoms with E-state index in [-0.39, 0.29) is 0 Å². The third-order valence-corrected chi connectivity index (χ3v) is 1.35. The Hall–Kier alpha value is -0.990. The average Bonchev–Trinajstić information content (AvgIpc) is 2.31. The first-order valence-electron chi connectivity index (χ1n) is 3.54. The topological polar surface area (TPSA) is 52.0 Å². The zero-order valence-corrected chi connectivity index (χ0v) is 6.13. The van der Waals surface area contributed by atoms with E-state index in [1.165, 1.54) is 6.42 Å². The molecule has 2 N–H and O–H groups in total. The van der Waals surface area contributed by atoms with Gasteiger partial charge in [-0.1, -0.05) is 18.5 Å². The Bertz CT molecular complexity index is 195. The molecule has 0 fully saturated rings. The molecule has 3 heteroatoms. The molecule has 0 saturated heterocycles. The zero-order valence-electron chi connectivity index (χ0n) is 6.13. The molecule has 1 heterocycles. The number of anilines is 1. The van der Waals surface area contributed by atoms with Crippen LogP contribution in [-0.4, -0.2) is 5.16 Å². The molecule has 0 amide bonds. The highest BCUT2D eigenvalue weighted by atomic mass is 16.5. The van der Waals surface area contributed by atoms with Crippen molar-refractivity contribution >= 4 is 5.82 Å². The van der Waals surface area contributed by atoms with Crippen LogP contribution in [0.15, 0.2) is 10.6 Å². The number of nitrogens with two attached hydrogens (primary N) is 1. The summed E-state index contributed by atoms with van der Waals surface area (Å²) in [6, 6.07) is 1.77. The lowest BCUT2D eigenvalue weighted by atomic mass is 10.2. The number of hydrogen-bond donors (Lipinski definition) is 1. The minimum Gasteiger partial charge on any atom is -0.381 e. The van der Waals surface area contributed by atoms with Gasteiger partial charge in [0.05, 0.1) is 0 Å². The molecule has 0 aliphatic carbocycles. The summed E-state index contributed by atoms with van der Waals surface area (Å²) >= 11 is 0. The van der Waals surface area contributed by atoms with Crippen molar-refractivity contribution in [3.63, 3.8) is 0 Å². The second kappa shape index (κ2) is 3.25. The number of nitrogen functional groups attached to an aromatic ring is 1. The molecule has 0 radical (unpaired) electrons. The van der Waals surface area contributed by atoms with E-state index in [0.717, 1.165) is 18.6 Å². The first-order chi connectivity index (χ1) is 4.83. The predicted octanol–water partition coefficient (Wildman–Crippen LogP) is 1.60. The summed E-state index contributed by atoms with van der Waals surface area (Å²) in [5, 5.41) is 3.57. The molecule has 0 spiro atoms. The Labute approximate surface area is 60.2 Å². The van der Waals surface area contributed by atoms with Crippen LogP contribution in [-0.2, 0) is 6.42 Å². The molecule has 0 aromatic carbocycles. The molecule has 0 unspecified atom stereocenters. The third-order valence-electron chi connectivity index (χ3n) is 1.35. The predicted molar refractivity (Wildman–Crippen MR) is 39.5 cm³/mol. The van der Waals surface area contributed by atoms with E-state index in [1.54, 1.807) is 6.07 Å². The Morgan fingerprint density at radius 1 is 1.70 bits per heavy atom. The van der Waals surface area contributed by atoms with Gasteiger partial charge >= 0.3 is 0 Å². The molecular weight excluding hydrogens is 128 g/mol. The summed E-state index contributed by atoms with van der Waals surface area (Å²) < 4.78 is 4.89. The average molecular weight is 140 g/mol. The number of aryl methyl sites for hydroxylation is 1. The van der Waals surface area contributed by atoms with E-state index in [9.17, 15) is 0 Å². The van der Waals surface area contributed by atoms with Crippen molar-refractivity contribution in [1.29, 1.82) is 0 Å². The number of nitrogens with zero attached hydrogens (tertiary/aromatic N) is 1. The van der Waals surface area contributed by atoms with Crippen LogP contribution in [0.5, 0.6) is 0 Å². The fourth-order valence-electron chi connectivity index (χ4n) is 0.798. The van der Waals surface area contributed by atoms with Gasteiger partial charge in [-0.05, 0) is 6.42 Å². The number of unbranched alkanes of at least 4 members (excludes halogenated alkanes) is 1. The van der Waals surface area contributed by atoms with Gasteiger partial charge in [0.2, 0.25) is 0 Å².